The van der Waals surface area contributed by atoms with Crippen molar-refractivity contribution in [2.24, 2.45) is 16.7 Å². The molecule has 5 rings (SSSR count). The fourth-order valence-corrected chi connectivity index (χ4v) is 5.32. The molecular formula is C34H38N2O6. The number of para-hydroxylation sites is 2. The van der Waals surface area contributed by atoms with Gasteiger partial charge in [0.1, 0.15) is 23.2 Å². The number of carbonyl (C=O) groups excluding carboxylic acids is 2. The SMILES string of the molecule is CC1(C)C(C(=O)OC(C#N)c2cccc(Oc3ccccc3)c2)C1(C)C.CNC(=O)Oc1cccc2c1OC(C)(C)C2. The van der Waals surface area contributed by atoms with Crippen LogP contribution in [0.1, 0.15) is 58.8 Å². The molecule has 0 saturated heterocycles. The van der Waals surface area contributed by atoms with Gasteiger partial charge in [0.15, 0.2) is 11.5 Å². The van der Waals surface area contributed by atoms with Crippen molar-refractivity contribution in [3.8, 4) is 29.1 Å². The van der Waals surface area contributed by atoms with Gasteiger partial charge in [0.25, 0.3) is 0 Å². The third-order valence-corrected chi connectivity index (χ3v) is 8.21. The number of esters is 1. The molecule has 2 aliphatic rings. The topological polar surface area (TPSA) is 107 Å². The first-order valence-electron chi connectivity index (χ1n) is 13.9. The van der Waals surface area contributed by atoms with Crippen LogP contribution in [0.15, 0.2) is 72.8 Å². The number of hydrogen-bond donors (Lipinski definition) is 1. The number of carbonyl (C=O) groups is 2. The van der Waals surface area contributed by atoms with E-state index < -0.39 is 12.2 Å². The summed E-state index contributed by atoms with van der Waals surface area (Å²) in [6.07, 6.45) is -0.608. The Bertz CT molecular complexity index is 1480. The highest BCUT2D eigenvalue weighted by Gasteiger charge is 2.69. The number of nitrogens with one attached hydrogen (secondary N) is 1. The number of nitriles is 1. The molecule has 1 unspecified atom stereocenters. The maximum Gasteiger partial charge on any atom is 0.412 e. The predicted molar refractivity (Wildman–Crippen MR) is 158 cm³/mol. The standard InChI is InChI=1S/C22H23NO3.C12H15NO3/c1-21(2)19(22(21,3)4)20(24)26-18(14-23)15-9-8-12-17(13-15)25-16-10-6-5-7-11-16;1-12(2)7-8-5-4-6-9(10(8)16-12)15-11(14)13-3/h5-13,18-19H,1-4H3;4-6H,7H2,1-3H3,(H,13,14). The van der Waals surface area contributed by atoms with Gasteiger partial charge in [-0.25, -0.2) is 4.79 Å². The quantitative estimate of drug-likeness (QED) is 0.308. The zero-order valence-corrected chi connectivity index (χ0v) is 25.2. The molecule has 0 spiro atoms. The first-order valence-corrected chi connectivity index (χ1v) is 13.9. The van der Waals surface area contributed by atoms with Gasteiger partial charge in [-0.2, -0.15) is 5.26 Å². The van der Waals surface area contributed by atoms with E-state index in [1.54, 1.807) is 30.3 Å². The van der Waals surface area contributed by atoms with E-state index in [4.69, 9.17) is 18.9 Å². The molecule has 0 aromatic heterocycles. The molecule has 1 saturated carbocycles. The molecule has 1 heterocycles. The smallest absolute Gasteiger partial charge is 0.412 e. The molecular weight excluding hydrogens is 532 g/mol. The van der Waals surface area contributed by atoms with E-state index in [9.17, 15) is 14.9 Å². The second kappa shape index (κ2) is 11.8. The van der Waals surface area contributed by atoms with Crippen LogP contribution < -0.4 is 19.5 Å². The number of ether oxygens (including phenoxy) is 4. The molecule has 1 amide bonds. The number of fused-ring (bicyclic) bond motifs is 1. The highest BCUT2D eigenvalue weighted by atomic mass is 16.6. The van der Waals surface area contributed by atoms with E-state index in [0.29, 0.717) is 28.6 Å². The van der Waals surface area contributed by atoms with E-state index in [-0.39, 0.29) is 28.3 Å². The average Bonchev–Trinajstić information content (AvgIpc) is 3.17. The highest BCUT2D eigenvalue weighted by molar-refractivity contribution is 5.79. The van der Waals surface area contributed by atoms with Gasteiger partial charge >= 0.3 is 12.1 Å². The van der Waals surface area contributed by atoms with Crippen molar-refractivity contribution in [2.45, 2.75) is 59.7 Å². The molecule has 8 heteroatoms. The van der Waals surface area contributed by atoms with Gasteiger partial charge in [0, 0.05) is 24.6 Å². The minimum atomic E-state index is -0.950. The lowest BCUT2D eigenvalue weighted by Crippen LogP contribution is -2.25. The molecule has 42 heavy (non-hydrogen) atoms. The lowest BCUT2D eigenvalue weighted by molar-refractivity contribution is -0.150. The van der Waals surface area contributed by atoms with Gasteiger partial charge in [0.05, 0.1) is 5.92 Å². The Morgan fingerprint density at radius 3 is 2.19 bits per heavy atom. The third kappa shape index (κ3) is 6.52. The minimum absolute atomic E-state index is 0.123. The lowest BCUT2D eigenvalue weighted by Gasteiger charge is -2.17. The van der Waals surface area contributed by atoms with Crippen LogP contribution in [0.4, 0.5) is 4.79 Å². The van der Waals surface area contributed by atoms with E-state index in [1.165, 1.54) is 7.05 Å². The van der Waals surface area contributed by atoms with Crippen LogP contribution in [-0.2, 0) is 16.0 Å². The summed E-state index contributed by atoms with van der Waals surface area (Å²) in [6.45, 7) is 12.2. The Hall–Kier alpha value is -4.51. The monoisotopic (exact) mass is 570 g/mol. The fourth-order valence-electron chi connectivity index (χ4n) is 5.32. The van der Waals surface area contributed by atoms with Gasteiger partial charge < -0.3 is 24.3 Å². The van der Waals surface area contributed by atoms with Crippen molar-refractivity contribution in [1.29, 1.82) is 5.26 Å². The molecule has 220 valence electrons. The fraction of sp³-hybridized carbons (Fsp3) is 0.382. The minimum Gasteiger partial charge on any atom is -0.483 e. The van der Waals surface area contributed by atoms with Gasteiger partial charge in [-0.1, -0.05) is 70.2 Å². The normalized spacial score (nSPS) is 17.6. The van der Waals surface area contributed by atoms with E-state index in [0.717, 1.165) is 12.0 Å². The molecule has 8 nitrogen and oxygen atoms in total. The number of nitrogens with zero attached hydrogens (tertiary/aromatic N) is 1. The average molecular weight is 571 g/mol. The zero-order chi connectivity index (χ0) is 30.7. The summed E-state index contributed by atoms with van der Waals surface area (Å²) in [5.74, 6) is 1.93. The molecule has 3 aromatic rings. The number of amides is 1. The maximum atomic E-state index is 12.6. The molecule has 0 bridgehead atoms. The third-order valence-electron chi connectivity index (χ3n) is 8.21. The predicted octanol–water partition coefficient (Wildman–Crippen LogP) is 7.39. The summed E-state index contributed by atoms with van der Waals surface area (Å²) < 4.78 is 22.2. The molecule has 1 aliphatic heterocycles. The van der Waals surface area contributed by atoms with E-state index in [2.05, 4.69) is 39.1 Å². The van der Waals surface area contributed by atoms with Gasteiger partial charge in [0.2, 0.25) is 6.10 Å². The van der Waals surface area contributed by atoms with Gasteiger partial charge in [-0.15, -0.1) is 0 Å². The number of hydrogen-bond acceptors (Lipinski definition) is 7. The molecule has 0 radical (unpaired) electrons. The highest BCUT2D eigenvalue weighted by Crippen LogP contribution is 2.68. The largest absolute Gasteiger partial charge is 0.483 e. The van der Waals surface area contributed by atoms with Crippen LogP contribution in [0.5, 0.6) is 23.0 Å². The second-order valence-electron chi connectivity index (χ2n) is 12.2. The Morgan fingerprint density at radius 1 is 0.929 bits per heavy atom. The number of benzene rings is 3. The molecule has 1 N–H and O–H groups in total. The molecule has 1 aliphatic carbocycles. The first kappa shape index (κ1) is 30.4. The Labute approximate surface area is 247 Å². The molecule has 1 atom stereocenters. The van der Waals surface area contributed by atoms with Crippen molar-refractivity contribution >= 4 is 12.1 Å². The zero-order valence-electron chi connectivity index (χ0n) is 25.2. The van der Waals surface area contributed by atoms with Gasteiger partial charge in [-0.3, -0.25) is 4.79 Å². The summed E-state index contributed by atoms with van der Waals surface area (Å²) in [4.78, 5) is 23.7. The van der Waals surface area contributed by atoms with Crippen molar-refractivity contribution in [3.63, 3.8) is 0 Å². The molecule has 1 fully saturated rings. The van der Waals surface area contributed by atoms with Crippen LogP contribution in [0.3, 0.4) is 0 Å². The van der Waals surface area contributed by atoms with Crippen LogP contribution >= 0.6 is 0 Å². The summed E-state index contributed by atoms with van der Waals surface area (Å²) in [7, 11) is 1.52. The Balaban J connectivity index is 0.000000216. The Morgan fingerprint density at radius 2 is 1.57 bits per heavy atom. The first-order chi connectivity index (χ1) is 19.8. The summed E-state index contributed by atoms with van der Waals surface area (Å²) in [5, 5.41) is 11.9. The van der Waals surface area contributed by atoms with Crippen molar-refractivity contribution < 1.29 is 28.5 Å². The van der Waals surface area contributed by atoms with Crippen molar-refractivity contribution in [3.05, 3.63) is 83.9 Å². The summed E-state index contributed by atoms with van der Waals surface area (Å²) in [5.41, 5.74) is 1.20. The van der Waals surface area contributed by atoms with Crippen LogP contribution in [0.25, 0.3) is 0 Å². The van der Waals surface area contributed by atoms with Crippen LogP contribution in [0, 0.1) is 28.1 Å². The molecule has 3 aromatic carbocycles. The van der Waals surface area contributed by atoms with Crippen molar-refractivity contribution in [1.82, 2.24) is 5.32 Å². The van der Waals surface area contributed by atoms with Crippen LogP contribution in [0.2, 0.25) is 0 Å². The number of rotatable bonds is 6. The lowest BCUT2D eigenvalue weighted by atomic mass is 10.0. The van der Waals surface area contributed by atoms with Crippen LogP contribution in [-0.4, -0.2) is 24.7 Å². The van der Waals surface area contributed by atoms with E-state index in [1.807, 2.05) is 56.3 Å². The van der Waals surface area contributed by atoms with Crippen molar-refractivity contribution in [2.75, 3.05) is 7.05 Å². The summed E-state index contributed by atoms with van der Waals surface area (Å²) >= 11 is 0. The maximum absolute atomic E-state index is 12.6. The van der Waals surface area contributed by atoms with E-state index >= 15 is 0 Å². The Kier molecular flexibility index (Phi) is 8.53. The van der Waals surface area contributed by atoms with Gasteiger partial charge in [-0.05, 0) is 55.0 Å². The summed E-state index contributed by atoms with van der Waals surface area (Å²) in [6, 6.07) is 24.1. The second-order valence-corrected chi connectivity index (χ2v) is 12.2.